The minimum absolute atomic E-state index is 0.0726. The van der Waals surface area contributed by atoms with Gasteiger partial charge in [0.2, 0.25) is 0 Å². The minimum Gasteiger partial charge on any atom is -0.372 e. The molecule has 1 aliphatic heterocycles. The van der Waals surface area contributed by atoms with E-state index in [0.29, 0.717) is 0 Å². The summed E-state index contributed by atoms with van der Waals surface area (Å²) in [5.41, 5.74) is 1.03. The molecule has 1 saturated heterocycles. The molecule has 16 heavy (non-hydrogen) atoms. The fraction of sp³-hybridized carbons (Fsp3) is 0.583. The molecule has 0 saturated carbocycles. The SMILES string of the molecule is Cc1nc(N2CCOC(C)(C)C2)ccc1I. The molecule has 3 nitrogen and oxygen atoms in total. The van der Waals surface area contributed by atoms with Gasteiger partial charge in [-0.2, -0.15) is 0 Å². The predicted octanol–water partition coefficient (Wildman–Crippen LogP) is 2.61. The first-order valence-corrected chi connectivity index (χ1v) is 6.58. The first-order chi connectivity index (χ1) is 7.48. The van der Waals surface area contributed by atoms with Gasteiger partial charge >= 0.3 is 0 Å². The zero-order valence-electron chi connectivity index (χ0n) is 9.96. The number of morpholine rings is 1. The zero-order valence-corrected chi connectivity index (χ0v) is 12.1. The van der Waals surface area contributed by atoms with Crippen molar-refractivity contribution >= 4 is 28.4 Å². The van der Waals surface area contributed by atoms with Crippen LogP contribution in [0.4, 0.5) is 5.82 Å². The normalized spacial score (nSPS) is 19.9. The number of hydrogen-bond acceptors (Lipinski definition) is 3. The maximum Gasteiger partial charge on any atom is 0.129 e. The molecule has 2 rings (SSSR count). The lowest BCUT2D eigenvalue weighted by atomic mass is 10.1. The molecule has 0 unspecified atom stereocenters. The topological polar surface area (TPSA) is 25.4 Å². The molecule has 0 N–H and O–H groups in total. The fourth-order valence-electron chi connectivity index (χ4n) is 1.92. The monoisotopic (exact) mass is 332 g/mol. The van der Waals surface area contributed by atoms with E-state index >= 15 is 0 Å². The van der Waals surface area contributed by atoms with Gasteiger partial charge in [-0.1, -0.05) is 0 Å². The van der Waals surface area contributed by atoms with Crippen LogP contribution in [-0.4, -0.2) is 30.3 Å². The standard InChI is InChI=1S/C12H17IN2O/c1-9-10(13)4-5-11(14-9)15-6-7-16-12(2,3)8-15/h4-5H,6-8H2,1-3H3. The molecule has 1 aliphatic rings. The number of halogens is 1. The van der Waals surface area contributed by atoms with Crippen LogP contribution >= 0.6 is 22.6 Å². The quantitative estimate of drug-likeness (QED) is 0.740. The second-order valence-electron chi connectivity index (χ2n) is 4.77. The van der Waals surface area contributed by atoms with E-state index in [1.54, 1.807) is 0 Å². The highest BCUT2D eigenvalue weighted by molar-refractivity contribution is 14.1. The Labute approximate surface area is 110 Å². The van der Waals surface area contributed by atoms with Gasteiger partial charge in [0.1, 0.15) is 5.82 Å². The highest BCUT2D eigenvalue weighted by Gasteiger charge is 2.27. The predicted molar refractivity (Wildman–Crippen MR) is 73.9 cm³/mol. The van der Waals surface area contributed by atoms with Crippen LogP contribution in [-0.2, 0) is 4.74 Å². The Balaban J connectivity index is 2.20. The highest BCUT2D eigenvalue weighted by atomic mass is 127. The molecule has 0 aromatic carbocycles. The van der Waals surface area contributed by atoms with Gasteiger partial charge in [0.05, 0.1) is 17.9 Å². The summed E-state index contributed by atoms with van der Waals surface area (Å²) in [5, 5.41) is 0. The molecule has 4 heteroatoms. The van der Waals surface area contributed by atoms with Crippen molar-refractivity contribution in [2.45, 2.75) is 26.4 Å². The summed E-state index contributed by atoms with van der Waals surface area (Å²) in [6.07, 6.45) is 0. The van der Waals surface area contributed by atoms with Gasteiger partial charge in [0.15, 0.2) is 0 Å². The Hall–Kier alpha value is -0.360. The van der Waals surface area contributed by atoms with Crippen LogP contribution in [0.3, 0.4) is 0 Å². The molecule has 88 valence electrons. The lowest BCUT2D eigenvalue weighted by Gasteiger charge is -2.38. The van der Waals surface area contributed by atoms with Crippen molar-refractivity contribution in [3.8, 4) is 0 Å². The van der Waals surface area contributed by atoms with E-state index in [2.05, 4.69) is 65.4 Å². The van der Waals surface area contributed by atoms with Crippen LogP contribution in [0.15, 0.2) is 12.1 Å². The van der Waals surface area contributed by atoms with Crippen molar-refractivity contribution in [3.05, 3.63) is 21.4 Å². The number of pyridine rings is 1. The molecule has 2 heterocycles. The second-order valence-corrected chi connectivity index (χ2v) is 5.93. The van der Waals surface area contributed by atoms with E-state index in [1.807, 2.05) is 0 Å². The van der Waals surface area contributed by atoms with Gasteiger partial charge in [0.25, 0.3) is 0 Å². The van der Waals surface area contributed by atoms with Gasteiger partial charge in [-0.15, -0.1) is 0 Å². The maximum absolute atomic E-state index is 5.70. The van der Waals surface area contributed by atoms with Crippen molar-refractivity contribution in [2.75, 3.05) is 24.6 Å². The van der Waals surface area contributed by atoms with Crippen molar-refractivity contribution in [1.29, 1.82) is 0 Å². The van der Waals surface area contributed by atoms with E-state index in [1.165, 1.54) is 3.57 Å². The van der Waals surface area contributed by atoms with Crippen LogP contribution in [0.1, 0.15) is 19.5 Å². The smallest absolute Gasteiger partial charge is 0.129 e. The highest BCUT2D eigenvalue weighted by Crippen LogP contribution is 2.22. The van der Waals surface area contributed by atoms with Crippen LogP contribution in [0, 0.1) is 10.5 Å². The summed E-state index contributed by atoms with van der Waals surface area (Å²) in [6.45, 7) is 8.91. The number of nitrogens with zero attached hydrogens (tertiary/aromatic N) is 2. The first-order valence-electron chi connectivity index (χ1n) is 5.50. The minimum atomic E-state index is -0.0726. The third kappa shape index (κ3) is 2.66. The number of anilines is 1. The number of hydrogen-bond donors (Lipinski definition) is 0. The van der Waals surface area contributed by atoms with E-state index < -0.39 is 0 Å². The van der Waals surface area contributed by atoms with E-state index in [0.717, 1.165) is 31.2 Å². The summed E-state index contributed by atoms with van der Waals surface area (Å²) in [6, 6.07) is 4.22. The summed E-state index contributed by atoms with van der Waals surface area (Å²) in [5.74, 6) is 1.06. The third-order valence-corrected chi connectivity index (χ3v) is 3.90. The molecule has 0 aliphatic carbocycles. The van der Waals surface area contributed by atoms with E-state index in [4.69, 9.17) is 4.74 Å². The Morgan fingerprint density at radius 1 is 1.44 bits per heavy atom. The van der Waals surface area contributed by atoms with Gasteiger partial charge in [0, 0.05) is 16.7 Å². The Morgan fingerprint density at radius 3 is 2.81 bits per heavy atom. The lowest BCUT2D eigenvalue weighted by molar-refractivity contribution is -0.0279. The molecule has 1 aromatic rings. The molecule has 0 spiro atoms. The molecule has 1 fully saturated rings. The molecule has 0 amide bonds. The van der Waals surface area contributed by atoms with Gasteiger partial charge in [-0.25, -0.2) is 4.98 Å². The molecule has 0 bridgehead atoms. The number of aryl methyl sites for hydroxylation is 1. The van der Waals surface area contributed by atoms with Crippen molar-refractivity contribution in [1.82, 2.24) is 4.98 Å². The fourth-order valence-corrected chi connectivity index (χ4v) is 2.22. The number of ether oxygens (including phenoxy) is 1. The van der Waals surface area contributed by atoms with Crippen LogP contribution in [0.25, 0.3) is 0 Å². The van der Waals surface area contributed by atoms with Crippen LogP contribution < -0.4 is 4.90 Å². The first kappa shape index (κ1) is 12.1. The molecule has 1 aromatic heterocycles. The summed E-state index contributed by atoms with van der Waals surface area (Å²) in [4.78, 5) is 6.92. The van der Waals surface area contributed by atoms with E-state index in [9.17, 15) is 0 Å². The van der Waals surface area contributed by atoms with Crippen molar-refractivity contribution < 1.29 is 4.74 Å². The summed E-state index contributed by atoms with van der Waals surface area (Å²) >= 11 is 2.31. The average molecular weight is 332 g/mol. The average Bonchev–Trinajstić information content (AvgIpc) is 2.20. The Morgan fingerprint density at radius 2 is 2.19 bits per heavy atom. The number of rotatable bonds is 1. The van der Waals surface area contributed by atoms with Gasteiger partial charge in [-0.05, 0) is 55.5 Å². The van der Waals surface area contributed by atoms with Crippen molar-refractivity contribution in [2.24, 2.45) is 0 Å². The lowest BCUT2D eigenvalue weighted by Crippen LogP contribution is -2.48. The van der Waals surface area contributed by atoms with Crippen LogP contribution in [0.2, 0.25) is 0 Å². The third-order valence-electron chi connectivity index (χ3n) is 2.76. The maximum atomic E-state index is 5.70. The number of aromatic nitrogens is 1. The summed E-state index contributed by atoms with van der Waals surface area (Å²) in [7, 11) is 0. The Bertz CT molecular complexity index is 393. The molecular formula is C12H17IN2O. The second kappa shape index (κ2) is 4.49. The van der Waals surface area contributed by atoms with Gasteiger partial charge in [-0.3, -0.25) is 0 Å². The van der Waals surface area contributed by atoms with Crippen LogP contribution in [0.5, 0.6) is 0 Å². The summed E-state index contributed by atoms with van der Waals surface area (Å²) < 4.78 is 6.92. The van der Waals surface area contributed by atoms with Gasteiger partial charge < -0.3 is 9.64 Å². The molecule has 0 radical (unpaired) electrons. The van der Waals surface area contributed by atoms with E-state index in [-0.39, 0.29) is 5.60 Å². The molecule has 0 atom stereocenters. The molecular weight excluding hydrogens is 315 g/mol. The van der Waals surface area contributed by atoms with Crippen molar-refractivity contribution in [3.63, 3.8) is 0 Å². The largest absolute Gasteiger partial charge is 0.372 e. The Kier molecular flexibility index (Phi) is 3.39. The zero-order chi connectivity index (χ0) is 11.8.